The summed E-state index contributed by atoms with van der Waals surface area (Å²) in [6.07, 6.45) is 0. The summed E-state index contributed by atoms with van der Waals surface area (Å²) >= 11 is 0.867. The monoisotopic (exact) mass is 604 g/mol. The molecule has 0 aliphatic carbocycles. The molecule has 1 aliphatic rings. The Morgan fingerprint density at radius 2 is 1.93 bits per heavy atom. The average Bonchev–Trinajstić information content (AvgIpc) is 3.38. The predicted molar refractivity (Wildman–Crippen MR) is 145 cm³/mol. The highest BCUT2D eigenvalue weighted by molar-refractivity contribution is 7.99. The summed E-state index contributed by atoms with van der Waals surface area (Å²) in [5.74, 6) is -0.552. The zero-order chi connectivity index (χ0) is 29.1. The molecule has 4 aromatic rings. The van der Waals surface area contributed by atoms with E-state index in [1.54, 1.807) is 6.07 Å². The lowest BCUT2D eigenvalue weighted by atomic mass is 10.3. The quantitative estimate of drug-likeness (QED) is 0.242. The van der Waals surface area contributed by atoms with E-state index < -0.39 is 37.0 Å². The van der Waals surface area contributed by atoms with Crippen molar-refractivity contribution in [3.63, 3.8) is 0 Å². The highest BCUT2D eigenvalue weighted by atomic mass is 32.2. The van der Waals surface area contributed by atoms with Crippen LogP contribution in [0.5, 0.6) is 5.75 Å². The summed E-state index contributed by atoms with van der Waals surface area (Å²) in [6, 6.07) is 8.25. The number of sulfone groups is 1. The first-order valence-electron chi connectivity index (χ1n) is 12.2. The number of ether oxygens (including phenoxy) is 2. The van der Waals surface area contributed by atoms with E-state index in [1.165, 1.54) is 24.4 Å². The summed E-state index contributed by atoms with van der Waals surface area (Å²) in [5.41, 5.74) is 0.275. The van der Waals surface area contributed by atoms with Crippen molar-refractivity contribution < 1.29 is 31.8 Å². The number of aromatic nitrogens is 4. The number of nitrogens with one attached hydrogen (secondary N) is 3. The minimum Gasteiger partial charge on any atom is -0.490 e. The minimum absolute atomic E-state index is 0.0269. The number of hydrogen-bond donors (Lipinski definition) is 3. The smallest absolute Gasteiger partial charge is 0.290 e. The van der Waals surface area contributed by atoms with Gasteiger partial charge in [0.05, 0.1) is 30.1 Å². The van der Waals surface area contributed by atoms with E-state index in [1.807, 2.05) is 11.8 Å². The molecule has 0 bridgehead atoms. The maximum Gasteiger partial charge on any atom is 0.290 e. The van der Waals surface area contributed by atoms with Crippen LogP contribution in [0.25, 0.3) is 0 Å². The molecule has 1 aliphatic heterocycles. The molecule has 0 atom stereocenters. The van der Waals surface area contributed by atoms with Crippen molar-refractivity contribution in [2.45, 2.75) is 26.8 Å². The second kappa shape index (κ2) is 11.8. The van der Waals surface area contributed by atoms with Crippen molar-refractivity contribution in [2.24, 2.45) is 0 Å². The van der Waals surface area contributed by atoms with Crippen molar-refractivity contribution in [3.05, 3.63) is 64.7 Å². The van der Waals surface area contributed by atoms with Gasteiger partial charge in [0.1, 0.15) is 10.7 Å². The van der Waals surface area contributed by atoms with Crippen LogP contribution < -0.4 is 20.1 Å². The highest BCUT2D eigenvalue weighted by Crippen LogP contribution is 2.39. The highest BCUT2D eigenvalue weighted by Gasteiger charge is 2.28. The van der Waals surface area contributed by atoms with Gasteiger partial charge >= 0.3 is 0 Å². The summed E-state index contributed by atoms with van der Waals surface area (Å²) in [6.45, 7) is 3.89. The van der Waals surface area contributed by atoms with Crippen molar-refractivity contribution in [1.82, 2.24) is 20.2 Å². The number of halogens is 2. The van der Waals surface area contributed by atoms with Crippen LogP contribution in [0.2, 0.25) is 0 Å². The molecule has 3 N–H and O–H groups in total. The molecule has 12 nitrogen and oxygen atoms in total. The first kappa shape index (κ1) is 28.4. The number of hydrogen-bond acceptors (Lipinski definition) is 11. The summed E-state index contributed by atoms with van der Waals surface area (Å²) in [7, 11) is -2.99. The van der Waals surface area contributed by atoms with E-state index >= 15 is 4.39 Å². The SMILES string of the molecule is COc1c(Nc2cc(C)[nH]n2)nc(Sc2ccc(S(=O)(=O)c3cccc([NH+]=O)c3F)cc2F)nc1N1CCOCC1. The Morgan fingerprint density at radius 1 is 1.15 bits per heavy atom. The van der Waals surface area contributed by atoms with Crippen LogP contribution in [-0.2, 0) is 14.6 Å². The third kappa shape index (κ3) is 5.84. The van der Waals surface area contributed by atoms with Crippen molar-refractivity contribution in [1.29, 1.82) is 0 Å². The lowest BCUT2D eigenvalue weighted by Crippen LogP contribution is -2.56. The maximum atomic E-state index is 15.3. The second-order valence-electron chi connectivity index (χ2n) is 8.79. The molecular weight excluding hydrogens is 580 g/mol. The molecule has 3 heterocycles. The topological polar surface area (TPSA) is 153 Å². The predicted octanol–water partition coefficient (Wildman–Crippen LogP) is 2.84. The van der Waals surface area contributed by atoms with Crippen LogP contribution in [0.3, 0.4) is 0 Å². The van der Waals surface area contributed by atoms with Crippen LogP contribution >= 0.6 is 11.8 Å². The number of rotatable bonds is 9. The summed E-state index contributed by atoms with van der Waals surface area (Å²) in [5, 5.41) is 11.6. The number of morpholine rings is 1. The van der Waals surface area contributed by atoms with Gasteiger partial charge in [0, 0.05) is 41.0 Å². The van der Waals surface area contributed by atoms with Gasteiger partial charge < -0.3 is 19.7 Å². The Balaban J connectivity index is 1.51. The molecule has 0 unspecified atom stereocenters. The zero-order valence-corrected chi connectivity index (χ0v) is 23.4. The van der Waals surface area contributed by atoms with Gasteiger partial charge in [-0.25, -0.2) is 22.8 Å². The first-order chi connectivity index (χ1) is 19.7. The van der Waals surface area contributed by atoms with E-state index in [0.29, 0.717) is 49.5 Å². The summed E-state index contributed by atoms with van der Waals surface area (Å²) < 4.78 is 67.1. The Labute approximate surface area is 237 Å². The molecule has 0 amide bonds. The van der Waals surface area contributed by atoms with Gasteiger partial charge in [-0.15, -0.1) is 0 Å². The van der Waals surface area contributed by atoms with Gasteiger partial charge in [-0.2, -0.15) is 9.49 Å². The van der Waals surface area contributed by atoms with Crippen LogP contribution in [0.1, 0.15) is 5.69 Å². The molecule has 1 fully saturated rings. The van der Waals surface area contributed by atoms with Crippen LogP contribution in [0.15, 0.2) is 62.3 Å². The fourth-order valence-electron chi connectivity index (χ4n) is 4.08. The van der Waals surface area contributed by atoms with Crippen molar-refractivity contribution in [2.75, 3.05) is 43.6 Å². The first-order valence-corrected chi connectivity index (χ1v) is 14.5. The number of aryl methyl sites for hydroxylation is 1. The van der Waals surface area contributed by atoms with E-state index in [9.17, 15) is 17.7 Å². The molecule has 1 saturated heterocycles. The van der Waals surface area contributed by atoms with Crippen LogP contribution in [-0.4, -0.2) is 62.0 Å². The summed E-state index contributed by atoms with van der Waals surface area (Å²) in [4.78, 5) is 20.8. The van der Waals surface area contributed by atoms with Gasteiger partial charge in [-0.1, -0.05) is 6.07 Å². The number of H-pyrrole nitrogens is 1. The molecule has 0 radical (unpaired) electrons. The number of methoxy groups -OCH3 is 1. The number of aromatic amines is 1. The normalized spacial score (nSPS) is 13.7. The van der Waals surface area contributed by atoms with Gasteiger partial charge in [-0.05, 0) is 43.0 Å². The molecule has 2 aromatic heterocycles. The van der Waals surface area contributed by atoms with E-state index in [0.717, 1.165) is 41.7 Å². The molecule has 41 heavy (non-hydrogen) atoms. The van der Waals surface area contributed by atoms with E-state index in [2.05, 4.69) is 25.5 Å². The maximum absolute atomic E-state index is 15.3. The largest absolute Gasteiger partial charge is 0.490 e. The molecular formula is C25H24F2N7O5S2+. The number of nitroso groups, excluding NO2 is 1. The van der Waals surface area contributed by atoms with Gasteiger partial charge in [0.2, 0.25) is 21.4 Å². The standard InChI is InChI=1S/C25H23F2N7O5S2/c1-14-12-20(32-31-14)28-23-22(38-2)24(34-8-10-39-11-9-34)30-25(29-23)40-18-7-6-15(13-16(18)26)41(36,37)19-5-3-4-17(33-35)21(19)27/h3-7,12-13H,8-11H2,1-2H3,(H2,28,29,30,31,32)/p+1. The number of anilines is 3. The van der Waals surface area contributed by atoms with Crippen molar-refractivity contribution in [3.8, 4) is 5.75 Å². The third-order valence-electron chi connectivity index (χ3n) is 6.07. The Kier molecular flexibility index (Phi) is 8.14. The van der Waals surface area contributed by atoms with E-state index in [4.69, 9.17) is 9.47 Å². The Morgan fingerprint density at radius 3 is 2.59 bits per heavy atom. The Hall–Kier alpha value is -4.15. The molecule has 2 aromatic carbocycles. The van der Waals surface area contributed by atoms with Gasteiger partial charge in [0.15, 0.2) is 22.6 Å². The molecule has 16 heteroatoms. The lowest BCUT2D eigenvalue weighted by Gasteiger charge is -2.29. The minimum atomic E-state index is -4.47. The van der Waals surface area contributed by atoms with Crippen LogP contribution in [0, 0.1) is 23.5 Å². The molecule has 5 rings (SSSR count). The molecule has 214 valence electrons. The number of nitrogens with zero attached hydrogens (tertiary/aromatic N) is 4. The van der Waals surface area contributed by atoms with Gasteiger partial charge in [0.25, 0.3) is 5.69 Å². The third-order valence-corrected chi connectivity index (χ3v) is 8.76. The van der Waals surface area contributed by atoms with Crippen LogP contribution in [0.4, 0.5) is 31.9 Å². The molecule has 0 saturated carbocycles. The fraction of sp³-hybridized carbons (Fsp3) is 0.240. The van der Waals surface area contributed by atoms with E-state index in [-0.39, 0.29) is 10.1 Å². The number of benzene rings is 2. The molecule has 0 spiro atoms. The fourth-order valence-corrected chi connectivity index (χ4v) is 6.21. The van der Waals surface area contributed by atoms with Crippen molar-refractivity contribution >= 4 is 44.7 Å². The van der Waals surface area contributed by atoms with Gasteiger partial charge in [-0.3, -0.25) is 5.10 Å². The lowest BCUT2D eigenvalue weighted by molar-refractivity contribution is -0.382. The Bertz CT molecular complexity index is 1710. The zero-order valence-electron chi connectivity index (χ0n) is 21.8. The average molecular weight is 605 g/mol. The second-order valence-corrected chi connectivity index (χ2v) is 11.7.